The van der Waals surface area contributed by atoms with E-state index in [2.05, 4.69) is 46.2 Å². The first-order chi connectivity index (χ1) is 7.38. The van der Waals surface area contributed by atoms with Gasteiger partial charge in [0.05, 0.1) is 13.2 Å². The zero-order valence-corrected chi connectivity index (χ0v) is 10.8. The second-order valence-corrected chi connectivity index (χ2v) is 3.62. The molecule has 3 heteroatoms. The van der Waals surface area contributed by atoms with Crippen LogP contribution in [0.15, 0.2) is 42.7 Å². The molecule has 0 amide bonds. The molecule has 0 N–H and O–H groups in total. The van der Waals surface area contributed by atoms with Crippen molar-refractivity contribution in [3.63, 3.8) is 0 Å². The zero-order chi connectivity index (χ0) is 10.5. The molecule has 0 aliphatic carbocycles. The van der Waals surface area contributed by atoms with E-state index in [0.717, 1.165) is 13.2 Å². The Morgan fingerprint density at radius 1 is 1.12 bits per heavy atom. The first-order valence-corrected chi connectivity index (χ1v) is 5.02. The molecule has 0 unspecified atom stereocenters. The zero-order valence-electron chi connectivity index (χ0n) is 9.04. The van der Waals surface area contributed by atoms with Gasteiger partial charge in [0.15, 0.2) is 0 Å². The molecule has 0 aromatic heterocycles. The average Bonchev–Trinajstić information content (AvgIpc) is 2.68. The first-order valence-electron chi connectivity index (χ1n) is 5.02. The lowest BCUT2D eigenvalue weighted by Gasteiger charge is -2.19. The van der Waals surface area contributed by atoms with Crippen LogP contribution in [-0.4, -0.2) is 23.0 Å². The lowest BCUT2D eigenvalue weighted by molar-refractivity contribution is 0.278. The van der Waals surface area contributed by atoms with Crippen LogP contribution in [0, 0.1) is 12.3 Å². The van der Waals surface area contributed by atoms with Gasteiger partial charge in [0.25, 0.3) is 0 Å². The quantitative estimate of drug-likeness (QED) is 0.784. The molecule has 2 rings (SSSR count). The van der Waals surface area contributed by atoms with E-state index in [-0.39, 0.29) is 17.0 Å². The molecule has 2 nitrogen and oxygen atoms in total. The van der Waals surface area contributed by atoms with Crippen molar-refractivity contribution in [1.82, 2.24) is 9.80 Å². The molecule has 0 atom stereocenters. The summed E-state index contributed by atoms with van der Waals surface area (Å²) in [5, 5.41) is 0. The van der Waals surface area contributed by atoms with E-state index in [1.807, 2.05) is 12.3 Å². The van der Waals surface area contributed by atoms with Crippen LogP contribution in [0.25, 0.3) is 0 Å². The molecule has 1 aliphatic rings. The summed E-state index contributed by atoms with van der Waals surface area (Å²) < 4.78 is 0. The number of benzene rings is 1. The first kappa shape index (κ1) is 12.7. The Morgan fingerprint density at radius 2 is 1.81 bits per heavy atom. The number of nitrogens with zero attached hydrogens (tertiary/aromatic N) is 2. The fraction of sp³-hybridized carbons (Fsp3) is 0.231. The maximum absolute atomic E-state index is 5.26. The molecule has 0 saturated heterocycles. The van der Waals surface area contributed by atoms with E-state index >= 15 is 0 Å². The molecule has 0 radical (unpaired) electrons. The Balaban J connectivity index is 0.00000128. The fourth-order valence-electron chi connectivity index (χ4n) is 1.66. The Kier molecular flexibility index (Phi) is 4.94. The third-order valence-electron chi connectivity index (χ3n) is 2.37. The van der Waals surface area contributed by atoms with Gasteiger partial charge in [-0.25, -0.2) is 0 Å². The van der Waals surface area contributed by atoms with Gasteiger partial charge >= 0.3 is 0 Å². The van der Waals surface area contributed by atoms with Crippen LogP contribution in [-0.2, 0) is 6.54 Å². The molecular formula is C13H15BrN2. The smallest absolute Gasteiger partial charge is 0.0906 e. The number of hydrogen-bond acceptors (Lipinski definition) is 2. The van der Waals surface area contributed by atoms with Crippen LogP contribution in [0.4, 0.5) is 0 Å². The van der Waals surface area contributed by atoms with Crippen LogP contribution in [0.1, 0.15) is 5.56 Å². The van der Waals surface area contributed by atoms with Crippen molar-refractivity contribution in [2.45, 2.75) is 6.54 Å². The van der Waals surface area contributed by atoms with E-state index < -0.39 is 0 Å². The largest absolute Gasteiger partial charge is 0.354 e. The number of hydrogen-bond donors (Lipinski definition) is 0. The summed E-state index contributed by atoms with van der Waals surface area (Å²) in [6, 6.07) is 10.4. The molecule has 0 fully saturated rings. The van der Waals surface area contributed by atoms with Gasteiger partial charge < -0.3 is 9.80 Å². The van der Waals surface area contributed by atoms with Gasteiger partial charge in [0.2, 0.25) is 0 Å². The molecule has 1 aliphatic heterocycles. The third-order valence-corrected chi connectivity index (χ3v) is 2.37. The molecular weight excluding hydrogens is 264 g/mol. The second kappa shape index (κ2) is 6.24. The van der Waals surface area contributed by atoms with Gasteiger partial charge in [-0.2, -0.15) is 0 Å². The summed E-state index contributed by atoms with van der Waals surface area (Å²) in [7, 11) is 0. The van der Waals surface area contributed by atoms with Gasteiger partial charge in [-0.05, 0) is 5.56 Å². The Hall–Kier alpha value is -1.40. The highest BCUT2D eigenvalue weighted by Gasteiger charge is 2.10. The highest BCUT2D eigenvalue weighted by Crippen LogP contribution is 2.10. The molecule has 1 aromatic carbocycles. The number of terminal acetylenes is 1. The predicted octanol–water partition coefficient (Wildman–Crippen LogP) is 2.44. The SMILES string of the molecule is Br.C#CCN1C=CN(Cc2ccccc2)C1. The van der Waals surface area contributed by atoms with Crippen molar-refractivity contribution in [1.29, 1.82) is 0 Å². The van der Waals surface area contributed by atoms with Gasteiger partial charge in [-0.15, -0.1) is 23.4 Å². The summed E-state index contributed by atoms with van der Waals surface area (Å²) in [6.45, 7) is 2.51. The molecule has 84 valence electrons. The van der Waals surface area contributed by atoms with Gasteiger partial charge in [0.1, 0.15) is 0 Å². The summed E-state index contributed by atoms with van der Waals surface area (Å²) in [5.41, 5.74) is 1.32. The maximum atomic E-state index is 5.26. The third kappa shape index (κ3) is 3.32. The van der Waals surface area contributed by atoms with Crippen molar-refractivity contribution in [3.8, 4) is 12.3 Å². The van der Waals surface area contributed by atoms with Crippen molar-refractivity contribution in [2.75, 3.05) is 13.2 Å². The monoisotopic (exact) mass is 278 g/mol. The van der Waals surface area contributed by atoms with Crippen LogP contribution in [0.5, 0.6) is 0 Å². The standard InChI is InChI=1S/C13H14N2.BrH/c1-2-8-14-9-10-15(12-14)11-13-6-4-3-5-7-13;/h1,3-7,9-10H,8,11-12H2;1H. The Labute approximate surface area is 107 Å². The maximum Gasteiger partial charge on any atom is 0.0906 e. The minimum atomic E-state index is 0. The highest BCUT2D eigenvalue weighted by molar-refractivity contribution is 8.93. The number of halogens is 1. The minimum absolute atomic E-state index is 0. The molecule has 1 heterocycles. The van der Waals surface area contributed by atoms with E-state index in [1.165, 1.54) is 5.56 Å². The summed E-state index contributed by atoms with van der Waals surface area (Å²) in [5.74, 6) is 2.64. The van der Waals surface area contributed by atoms with Crippen LogP contribution >= 0.6 is 17.0 Å². The van der Waals surface area contributed by atoms with Crippen molar-refractivity contribution >= 4 is 17.0 Å². The molecule has 16 heavy (non-hydrogen) atoms. The summed E-state index contributed by atoms with van der Waals surface area (Å²) in [6.07, 6.45) is 9.39. The summed E-state index contributed by atoms with van der Waals surface area (Å²) >= 11 is 0. The molecule has 0 spiro atoms. The summed E-state index contributed by atoms with van der Waals surface area (Å²) in [4.78, 5) is 4.36. The van der Waals surface area contributed by atoms with Crippen LogP contribution in [0.3, 0.4) is 0 Å². The van der Waals surface area contributed by atoms with Gasteiger partial charge in [0, 0.05) is 18.9 Å². The van der Waals surface area contributed by atoms with Crippen LogP contribution in [0.2, 0.25) is 0 Å². The molecule has 0 saturated carbocycles. The van der Waals surface area contributed by atoms with Crippen LogP contribution < -0.4 is 0 Å². The van der Waals surface area contributed by atoms with Gasteiger partial charge in [-0.3, -0.25) is 0 Å². The van der Waals surface area contributed by atoms with E-state index in [9.17, 15) is 0 Å². The van der Waals surface area contributed by atoms with E-state index in [4.69, 9.17) is 6.42 Å². The fourth-order valence-corrected chi connectivity index (χ4v) is 1.66. The van der Waals surface area contributed by atoms with Crippen molar-refractivity contribution in [2.24, 2.45) is 0 Å². The topological polar surface area (TPSA) is 6.48 Å². The van der Waals surface area contributed by atoms with Crippen molar-refractivity contribution in [3.05, 3.63) is 48.3 Å². The predicted molar refractivity (Wildman–Crippen MR) is 71.9 cm³/mol. The Bertz CT molecular complexity index is 381. The molecule has 0 bridgehead atoms. The minimum Gasteiger partial charge on any atom is -0.354 e. The van der Waals surface area contributed by atoms with E-state index in [0.29, 0.717) is 6.54 Å². The second-order valence-electron chi connectivity index (χ2n) is 3.62. The van der Waals surface area contributed by atoms with Gasteiger partial charge in [-0.1, -0.05) is 36.3 Å². The lowest BCUT2D eigenvalue weighted by atomic mass is 10.2. The van der Waals surface area contributed by atoms with Crippen molar-refractivity contribution < 1.29 is 0 Å². The molecule has 1 aromatic rings. The Morgan fingerprint density at radius 3 is 2.50 bits per heavy atom. The lowest BCUT2D eigenvalue weighted by Crippen LogP contribution is -2.25. The van der Waals surface area contributed by atoms with E-state index in [1.54, 1.807) is 0 Å². The normalized spacial score (nSPS) is 13.4. The number of rotatable bonds is 3. The highest BCUT2D eigenvalue weighted by atomic mass is 79.9. The average molecular weight is 279 g/mol.